The molecule has 2 saturated heterocycles. The van der Waals surface area contributed by atoms with Crippen molar-refractivity contribution in [3.63, 3.8) is 0 Å². The minimum atomic E-state index is -0.461. The van der Waals surface area contributed by atoms with Gasteiger partial charge in [0.1, 0.15) is 5.82 Å². The summed E-state index contributed by atoms with van der Waals surface area (Å²) in [7, 11) is 0. The molecule has 0 aliphatic carbocycles. The lowest BCUT2D eigenvalue weighted by Crippen LogP contribution is -2.32. The Morgan fingerprint density at radius 1 is 1.16 bits per heavy atom. The van der Waals surface area contributed by atoms with Crippen molar-refractivity contribution in [2.45, 2.75) is 31.1 Å². The third kappa shape index (κ3) is 3.44. The van der Waals surface area contributed by atoms with E-state index in [4.69, 9.17) is 14.1 Å². The summed E-state index contributed by atoms with van der Waals surface area (Å²) in [4.78, 5) is 10.2. The lowest BCUT2D eigenvalue weighted by atomic mass is 9.79. The Hall–Kier alpha value is -1.83. The Labute approximate surface area is 145 Å². The average molecular weight is 347 g/mol. The molecule has 0 amide bonds. The molecule has 0 spiro atoms. The van der Waals surface area contributed by atoms with E-state index in [1.807, 2.05) is 5.06 Å². The SMILES string of the molecule is Fc1ccc([C@]2(c3noc(CCN4CCCCO4)n3)CCOC2)cc1. The third-order valence-corrected chi connectivity index (χ3v) is 4.97. The van der Waals surface area contributed by atoms with E-state index >= 15 is 0 Å². The molecule has 1 atom stereocenters. The molecule has 3 heterocycles. The topological polar surface area (TPSA) is 60.6 Å². The van der Waals surface area contributed by atoms with Crippen LogP contribution in [-0.2, 0) is 21.4 Å². The summed E-state index contributed by atoms with van der Waals surface area (Å²) in [6.45, 7) is 3.56. The molecule has 0 unspecified atom stereocenters. The van der Waals surface area contributed by atoms with E-state index in [9.17, 15) is 4.39 Å². The average Bonchev–Trinajstić information content (AvgIpc) is 3.32. The van der Waals surface area contributed by atoms with Gasteiger partial charge >= 0.3 is 0 Å². The molecule has 2 aromatic rings. The first-order chi connectivity index (χ1) is 12.3. The molecule has 7 heteroatoms. The van der Waals surface area contributed by atoms with Crippen molar-refractivity contribution < 1.29 is 18.5 Å². The number of rotatable bonds is 5. The monoisotopic (exact) mass is 347 g/mol. The van der Waals surface area contributed by atoms with Gasteiger partial charge in [0.2, 0.25) is 5.89 Å². The Bertz CT molecular complexity index is 692. The molecule has 134 valence electrons. The van der Waals surface area contributed by atoms with Crippen molar-refractivity contribution >= 4 is 0 Å². The zero-order valence-electron chi connectivity index (χ0n) is 14.1. The summed E-state index contributed by atoms with van der Waals surface area (Å²) in [6, 6.07) is 6.48. The molecular weight excluding hydrogens is 325 g/mol. The van der Waals surface area contributed by atoms with E-state index in [-0.39, 0.29) is 5.82 Å². The van der Waals surface area contributed by atoms with Crippen LogP contribution in [0.15, 0.2) is 28.8 Å². The Balaban J connectivity index is 1.51. The number of benzene rings is 1. The lowest BCUT2D eigenvalue weighted by Gasteiger charge is -2.25. The van der Waals surface area contributed by atoms with Crippen LogP contribution in [0.1, 0.15) is 36.5 Å². The van der Waals surface area contributed by atoms with Crippen LogP contribution in [-0.4, -0.2) is 48.1 Å². The first-order valence-corrected chi connectivity index (χ1v) is 8.81. The number of hydrogen-bond acceptors (Lipinski definition) is 6. The van der Waals surface area contributed by atoms with E-state index in [1.165, 1.54) is 12.1 Å². The predicted octanol–water partition coefficient (Wildman–Crippen LogP) is 2.49. The maximum absolute atomic E-state index is 13.3. The van der Waals surface area contributed by atoms with Crippen LogP contribution in [0.2, 0.25) is 0 Å². The number of nitrogens with zero attached hydrogens (tertiary/aromatic N) is 3. The molecule has 25 heavy (non-hydrogen) atoms. The molecule has 1 aromatic carbocycles. The Morgan fingerprint density at radius 2 is 2.04 bits per heavy atom. The maximum Gasteiger partial charge on any atom is 0.228 e. The smallest absolute Gasteiger partial charge is 0.228 e. The van der Waals surface area contributed by atoms with Crippen molar-refractivity contribution in [1.82, 2.24) is 15.2 Å². The second-order valence-electron chi connectivity index (χ2n) is 6.62. The highest BCUT2D eigenvalue weighted by Gasteiger charge is 2.42. The van der Waals surface area contributed by atoms with Crippen molar-refractivity contribution in [3.8, 4) is 0 Å². The molecule has 0 N–H and O–H groups in total. The summed E-state index contributed by atoms with van der Waals surface area (Å²) < 4.78 is 24.4. The van der Waals surface area contributed by atoms with Crippen LogP contribution in [0.4, 0.5) is 4.39 Å². The van der Waals surface area contributed by atoms with E-state index in [1.54, 1.807) is 12.1 Å². The van der Waals surface area contributed by atoms with Crippen molar-refractivity contribution in [1.29, 1.82) is 0 Å². The molecule has 1 aromatic heterocycles. The first-order valence-electron chi connectivity index (χ1n) is 8.81. The van der Waals surface area contributed by atoms with Gasteiger partial charge in [-0.15, -0.1) is 0 Å². The lowest BCUT2D eigenvalue weighted by molar-refractivity contribution is -0.180. The van der Waals surface area contributed by atoms with Gasteiger partial charge in [0, 0.05) is 26.1 Å². The van der Waals surface area contributed by atoms with Gasteiger partial charge in [-0.2, -0.15) is 10.0 Å². The molecule has 0 bridgehead atoms. The molecule has 6 nitrogen and oxygen atoms in total. The van der Waals surface area contributed by atoms with Gasteiger partial charge in [0.15, 0.2) is 5.82 Å². The summed E-state index contributed by atoms with van der Waals surface area (Å²) >= 11 is 0. The predicted molar refractivity (Wildman–Crippen MR) is 87.4 cm³/mol. The number of ether oxygens (including phenoxy) is 1. The zero-order chi connectivity index (χ0) is 17.1. The summed E-state index contributed by atoms with van der Waals surface area (Å²) in [5.74, 6) is 0.955. The highest BCUT2D eigenvalue weighted by atomic mass is 19.1. The van der Waals surface area contributed by atoms with Gasteiger partial charge in [-0.3, -0.25) is 4.84 Å². The highest BCUT2D eigenvalue weighted by molar-refractivity contribution is 5.34. The Kier molecular flexibility index (Phi) is 4.78. The van der Waals surface area contributed by atoms with Crippen LogP contribution < -0.4 is 0 Å². The molecular formula is C18H22FN3O3. The fraction of sp³-hybridized carbons (Fsp3) is 0.556. The van der Waals surface area contributed by atoms with Crippen molar-refractivity contribution in [3.05, 3.63) is 47.4 Å². The van der Waals surface area contributed by atoms with Gasteiger partial charge in [-0.1, -0.05) is 17.3 Å². The molecule has 2 aliphatic heterocycles. The summed E-state index contributed by atoms with van der Waals surface area (Å²) in [6.07, 6.45) is 3.67. The maximum atomic E-state index is 13.3. The minimum absolute atomic E-state index is 0.256. The van der Waals surface area contributed by atoms with Gasteiger partial charge in [-0.05, 0) is 37.0 Å². The second-order valence-corrected chi connectivity index (χ2v) is 6.62. The van der Waals surface area contributed by atoms with Crippen molar-refractivity contribution in [2.75, 3.05) is 32.9 Å². The van der Waals surface area contributed by atoms with Gasteiger partial charge in [0.05, 0.1) is 18.6 Å². The minimum Gasteiger partial charge on any atom is -0.380 e. The second kappa shape index (κ2) is 7.19. The number of hydroxylamine groups is 2. The molecule has 0 radical (unpaired) electrons. The van der Waals surface area contributed by atoms with Crippen LogP contribution in [0.5, 0.6) is 0 Å². The van der Waals surface area contributed by atoms with E-state index in [0.717, 1.165) is 44.5 Å². The summed E-state index contributed by atoms with van der Waals surface area (Å²) in [5, 5.41) is 6.17. The Morgan fingerprint density at radius 3 is 2.76 bits per heavy atom. The molecule has 0 saturated carbocycles. The van der Waals surface area contributed by atoms with Crippen LogP contribution in [0.25, 0.3) is 0 Å². The van der Waals surface area contributed by atoms with E-state index in [2.05, 4.69) is 10.1 Å². The quantitative estimate of drug-likeness (QED) is 0.828. The molecule has 2 aliphatic rings. The fourth-order valence-corrected chi connectivity index (χ4v) is 3.46. The standard InChI is InChI=1S/C18H22FN3O3/c19-15-5-3-14(4-6-15)18(8-12-23-13-18)17-20-16(25-21-17)7-10-22-9-1-2-11-24-22/h3-6H,1-2,7-13H2/t18-/m0/s1. The molecule has 4 rings (SSSR count). The van der Waals surface area contributed by atoms with Gasteiger partial charge in [0.25, 0.3) is 0 Å². The number of aromatic nitrogens is 2. The van der Waals surface area contributed by atoms with E-state index in [0.29, 0.717) is 31.3 Å². The zero-order valence-corrected chi connectivity index (χ0v) is 14.1. The third-order valence-electron chi connectivity index (χ3n) is 4.97. The normalized spacial score (nSPS) is 24.7. The number of hydrogen-bond donors (Lipinski definition) is 0. The van der Waals surface area contributed by atoms with Gasteiger partial charge < -0.3 is 9.26 Å². The largest absolute Gasteiger partial charge is 0.380 e. The van der Waals surface area contributed by atoms with E-state index < -0.39 is 5.41 Å². The fourth-order valence-electron chi connectivity index (χ4n) is 3.46. The first kappa shape index (κ1) is 16.6. The summed E-state index contributed by atoms with van der Waals surface area (Å²) in [5.41, 5.74) is 0.495. The van der Waals surface area contributed by atoms with Crippen molar-refractivity contribution in [2.24, 2.45) is 0 Å². The van der Waals surface area contributed by atoms with Crippen LogP contribution >= 0.6 is 0 Å². The number of halogens is 1. The van der Waals surface area contributed by atoms with Crippen LogP contribution in [0.3, 0.4) is 0 Å². The van der Waals surface area contributed by atoms with Crippen LogP contribution in [0, 0.1) is 5.82 Å². The van der Waals surface area contributed by atoms with Gasteiger partial charge in [-0.25, -0.2) is 4.39 Å². The highest BCUT2D eigenvalue weighted by Crippen LogP contribution is 2.38. The molecule has 2 fully saturated rings.